The second-order valence-electron chi connectivity index (χ2n) is 5.81. The number of unbranched alkanes of at least 4 members (excludes halogenated alkanes) is 9. The Kier molecular flexibility index (Phi) is 10.1. The molecule has 0 atom stereocenters. The van der Waals surface area contributed by atoms with Crippen LogP contribution in [0, 0.1) is 0 Å². The molecule has 4 nitrogen and oxygen atoms in total. The highest BCUT2D eigenvalue weighted by Gasteiger charge is 2.07. The first-order valence-corrected chi connectivity index (χ1v) is 8.68. The van der Waals surface area contributed by atoms with Crippen LogP contribution in [0.15, 0.2) is 31.4 Å². The van der Waals surface area contributed by atoms with Crippen molar-refractivity contribution in [1.29, 1.82) is 0 Å². The number of imidazole rings is 1. The third-order valence-corrected chi connectivity index (χ3v) is 3.80. The molecule has 0 aliphatic carbocycles. The fourth-order valence-electron chi connectivity index (χ4n) is 2.48. The van der Waals surface area contributed by atoms with Gasteiger partial charge in [0.15, 0.2) is 6.20 Å². The molecule has 1 aromatic heterocycles. The first-order chi connectivity index (χ1) is 10.8. The molecular weight excluding hydrogens is 276 g/mol. The fourth-order valence-corrected chi connectivity index (χ4v) is 2.48. The number of aryl methyl sites for hydroxylation is 1. The van der Waals surface area contributed by atoms with Crippen molar-refractivity contribution in [3.8, 4) is 0 Å². The van der Waals surface area contributed by atoms with Crippen molar-refractivity contribution in [3.63, 3.8) is 0 Å². The molecule has 1 heterocycles. The van der Waals surface area contributed by atoms with E-state index in [-0.39, 0.29) is 0 Å². The molecule has 1 rings (SSSR count). The van der Waals surface area contributed by atoms with Crippen LogP contribution in [-0.2, 0) is 11.3 Å². The van der Waals surface area contributed by atoms with E-state index in [9.17, 15) is 4.79 Å². The summed E-state index contributed by atoms with van der Waals surface area (Å²) in [5.41, 5.74) is 0. The summed E-state index contributed by atoms with van der Waals surface area (Å²) >= 11 is 0. The molecule has 0 N–H and O–H groups in total. The predicted molar refractivity (Wildman–Crippen MR) is 88.3 cm³/mol. The van der Waals surface area contributed by atoms with Gasteiger partial charge in [-0.25, -0.2) is 9.36 Å². The molecule has 0 saturated heterocycles. The molecule has 0 aliphatic heterocycles. The Bertz CT molecular complexity index is 426. The maximum absolute atomic E-state index is 11.1. The van der Waals surface area contributed by atoms with E-state index in [2.05, 4.69) is 13.5 Å². The highest BCUT2D eigenvalue weighted by Crippen LogP contribution is 2.10. The maximum Gasteiger partial charge on any atom is 0.380 e. The largest absolute Gasteiger partial charge is 0.380 e. The third-order valence-electron chi connectivity index (χ3n) is 3.80. The van der Waals surface area contributed by atoms with Gasteiger partial charge < -0.3 is 0 Å². The van der Waals surface area contributed by atoms with Gasteiger partial charge in [0.25, 0.3) is 6.33 Å². The normalized spacial score (nSPS) is 10.6. The van der Waals surface area contributed by atoms with E-state index in [1.807, 2.05) is 10.8 Å². The monoisotopic (exact) mass is 307 g/mol. The van der Waals surface area contributed by atoms with Crippen molar-refractivity contribution in [2.45, 2.75) is 77.7 Å². The Labute approximate surface area is 134 Å². The predicted octanol–water partition coefficient (Wildman–Crippen LogP) is 3.84. The van der Waals surface area contributed by atoms with E-state index in [1.165, 1.54) is 68.9 Å². The van der Waals surface area contributed by atoms with Gasteiger partial charge >= 0.3 is 5.97 Å². The summed E-state index contributed by atoms with van der Waals surface area (Å²) in [6.07, 6.45) is 20.0. The molecule has 0 amide bonds. The van der Waals surface area contributed by atoms with E-state index in [1.54, 1.807) is 12.5 Å². The van der Waals surface area contributed by atoms with E-state index < -0.39 is 5.97 Å². The van der Waals surface area contributed by atoms with Crippen LogP contribution in [0.5, 0.6) is 0 Å². The fraction of sp³-hybridized carbons (Fsp3) is 0.667. The lowest BCUT2D eigenvalue weighted by atomic mass is 10.1. The van der Waals surface area contributed by atoms with Gasteiger partial charge in [-0.05, 0) is 17.6 Å². The van der Waals surface area contributed by atoms with Crippen LogP contribution in [0.1, 0.15) is 71.1 Å². The summed E-state index contributed by atoms with van der Waals surface area (Å²) in [4.78, 5) is 16.0. The van der Waals surface area contributed by atoms with Crippen LogP contribution in [0.25, 0.3) is 0 Å². The summed E-state index contributed by atoms with van der Waals surface area (Å²) in [6.45, 7) is 6.60. The van der Waals surface area contributed by atoms with Crippen LogP contribution in [-0.4, -0.2) is 10.7 Å². The van der Waals surface area contributed by atoms with E-state index in [4.69, 9.17) is 4.84 Å². The van der Waals surface area contributed by atoms with E-state index in [0.29, 0.717) is 0 Å². The molecule has 1 aromatic rings. The highest BCUT2D eigenvalue weighted by atomic mass is 16.7. The third kappa shape index (κ3) is 8.65. The van der Waals surface area contributed by atoms with E-state index in [0.717, 1.165) is 12.6 Å². The molecule has 0 saturated carbocycles. The van der Waals surface area contributed by atoms with Crippen molar-refractivity contribution in [2.24, 2.45) is 0 Å². The van der Waals surface area contributed by atoms with Gasteiger partial charge in [-0.15, -0.1) is 0 Å². The summed E-state index contributed by atoms with van der Waals surface area (Å²) in [6, 6.07) is 0. The first-order valence-electron chi connectivity index (χ1n) is 8.68. The number of aromatic nitrogens is 2. The second-order valence-corrected chi connectivity index (χ2v) is 5.81. The summed E-state index contributed by atoms with van der Waals surface area (Å²) in [7, 11) is 0. The van der Waals surface area contributed by atoms with Crippen LogP contribution in [0.2, 0.25) is 0 Å². The highest BCUT2D eigenvalue weighted by molar-refractivity contribution is 5.81. The molecule has 0 radical (unpaired) electrons. The molecule has 124 valence electrons. The number of hydrogen-bond donors (Lipinski definition) is 0. The molecule has 0 bridgehead atoms. The maximum atomic E-state index is 11.1. The quantitative estimate of drug-likeness (QED) is 0.315. The van der Waals surface area contributed by atoms with Crippen molar-refractivity contribution in [1.82, 2.24) is 4.73 Å². The Hall–Kier alpha value is -1.58. The minimum atomic E-state index is -0.443. The average molecular weight is 307 g/mol. The van der Waals surface area contributed by atoms with Gasteiger partial charge in [-0.2, -0.15) is 0 Å². The number of carbonyl (C=O) groups excluding carboxylic acids is 1. The summed E-state index contributed by atoms with van der Waals surface area (Å²) < 4.78 is 3.46. The minimum absolute atomic E-state index is 0.443. The van der Waals surface area contributed by atoms with Crippen LogP contribution in [0.3, 0.4) is 0 Å². The lowest BCUT2D eigenvalue weighted by Gasteiger charge is -2.01. The van der Waals surface area contributed by atoms with Crippen molar-refractivity contribution in [2.75, 3.05) is 0 Å². The van der Waals surface area contributed by atoms with Crippen molar-refractivity contribution < 1.29 is 14.2 Å². The van der Waals surface area contributed by atoms with Gasteiger partial charge in [0.2, 0.25) is 0 Å². The van der Waals surface area contributed by atoms with Crippen molar-refractivity contribution in [3.05, 3.63) is 31.4 Å². The number of hydrogen-bond acceptors (Lipinski definition) is 2. The molecule has 0 fully saturated rings. The average Bonchev–Trinajstić information content (AvgIpc) is 2.96. The summed E-state index contributed by atoms with van der Waals surface area (Å²) in [5, 5.41) is 0. The smallest absolute Gasteiger partial charge is 0.253 e. The lowest BCUT2D eigenvalue weighted by Crippen LogP contribution is -2.31. The summed E-state index contributed by atoms with van der Waals surface area (Å²) in [5.74, 6) is -0.443. The van der Waals surface area contributed by atoms with E-state index >= 15 is 0 Å². The van der Waals surface area contributed by atoms with Gasteiger partial charge in [0, 0.05) is 6.08 Å². The van der Waals surface area contributed by atoms with Gasteiger partial charge in [0.1, 0.15) is 6.20 Å². The van der Waals surface area contributed by atoms with Gasteiger partial charge in [-0.1, -0.05) is 64.9 Å². The molecule has 0 aliphatic rings. The Morgan fingerprint density at radius 1 is 1.09 bits per heavy atom. The number of rotatable bonds is 13. The second kappa shape index (κ2) is 12.0. The molecule has 0 spiro atoms. The van der Waals surface area contributed by atoms with Crippen LogP contribution < -0.4 is 9.40 Å². The lowest BCUT2D eigenvalue weighted by molar-refractivity contribution is -0.697. The van der Waals surface area contributed by atoms with Crippen LogP contribution in [0.4, 0.5) is 0 Å². The standard InChI is InChI=1S/C18H31N2O2/c1-3-5-6-7-8-9-10-11-12-13-14-19-15-16-20(17-19)22-18(21)4-2/h4,15-17H,2-3,5-14H2,1H3/q+1. The zero-order chi connectivity index (χ0) is 16.0. The Balaban J connectivity index is 1.98. The zero-order valence-electron chi connectivity index (χ0n) is 14.0. The Morgan fingerprint density at radius 2 is 1.68 bits per heavy atom. The van der Waals surface area contributed by atoms with Crippen LogP contribution >= 0.6 is 0 Å². The minimum Gasteiger partial charge on any atom is -0.253 e. The Morgan fingerprint density at radius 3 is 2.27 bits per heavy atom. The van der Waals surface area contributed by atoms with Gasteiger partial charge in [-0.3, -0.25) is 4.84 Å². The molecular formula is C18H31N2O2+. The van der Waals surface area contributed by atoms with Crippen molar-refractivity contribution >= 4 is 5.97 Å². The molecule has 22 heavy (non-hydrogen) atoms. The topological polar surface area (TPSA) is 35.1 Å². The SMILES string of the molecule is C=CC(=O)On1cc[n+](CCCCCCCCCCCC)c1. The molecule has 4 heteroatoms. The molecule has 0 aromatic carbocycles. The zero-order valence-corrected chi connectivity index (χ0v) is 14.0. The molecule has 0 unspecified atom stereocenters. The number of nitrogens with zero attached hydrogens (tertiary/aromatic N) is 2. The van der Waals surface area contributed by atoms with Gasteiger partial charge in [0.05, 0.1) is 6.54 Å². The first kappa shape index (κ1) is 18.5. The number of carbonyl (C=O) groups is 1.